The van der Waals surface area contributed by atoms with Crippen LogP contribution < -0.4 is 0 Å². The van der Waals surface area contributed by atoms with Crippen LogP contribution in [0.2, 0.25) is 0 Å². The summed E-state index contributed by atoms with van der Waals surface area (Å²) in [5.74, 6) is -0.401. The summed E-state index contributed by atoms with van der Waals surface area (Å²) in [6.45, 7) is 0.0222. The Hall–Kier alpha value is -2.65. The van der Waals surface area contributed by atoms with Gasteiger partial charge in [-0.25, -0.2) is 17.5 Å². The monoisotopic (exact) mass is 373 g/mol. The second kappa shape index (κ2) is 6.58. The van der Waals surface area contributed by atoms with Gasteiger partial charge in [0.1, 0.15) is 12.1 Å². The third kappa shape index (κ3) is 3.23. The number of aromatic nitrogens is 4. The Morgan fingerprint density at radius 1 is 1.12 bits per heavy atom. The number of benzene rings is 2. The Balaban J connectivity index is 1.64. The van der Waals surface area contributed by atoms with Crippen LogP contribution in [-0.2, 0) is 16.6 Å². The molecule has 0 N–H and O–H groups in total. The van der Waals surface area contributed by atoms with E-state index in [9.17, 15) is 12.8 Å². The van der Waals surface area contributed by atoms with E-state index in [4.69, 9.17) is 0 Å². The first-order valence-electron chi connectivity index (χ1n) is 8.14. The van der Waals surface area contributed by atoms with Crippen LogP contribution in [0.15, 0.2) is 59.8 Å². The maximum atomic E-state index is 14.0. The minimum absolute atomic E-state index is 0.0222. The molecule has 1 aliphatic rings. The van der Waals surface area contributed by atoms with E-state index < -0.39 is 15.8 Å². The number of hydrogen-bond acceptors (Lipinski definition) is 5. The van der Waals surface area contributed by atoms with E-state index in [0.717, 1.165) is 12.8 Å². The fraction of sp³-hybridized carbons (Fsp3) is 0.235. The highest BCUT2D eigenvalue weighted by Gasteiger charge is 2.38. The van der Waals surface area contributed by atoms with Gasteiger partial charge in [0.15, 0.2) is 0 Å². The second-order valence-corrected chi connectivity index (χ2v) is 8.01. The molecule has 0 spiro atoms. The molecule has 9 heteroatoms. The SMILES string of the molecule is O=S(=O)(c1ccc(-n2cnnn2)cc1)N(Cc1ccccc1F)C1CC1. The molecule has 4 rings (SSSR count). The minimum atomic E-state index is -3.73. The van der Waals surface area contributed by atoms with E-state index in [0.29, 0.717) is 11.3 Å². The Kier molecular flexibility index (Phi) is 4.25. The molecule has 3 aromatic rings. The molecule has 2 aromatic carbocycles. The van der Waals surface area contributed by atoms with Crippen molar-refractivity contribution < 1.29 is 12.8 Å². The molecule has 134 valence electrons. The van der Waals surface area contributed by atoms with Crippen LogP contribution in [0, 0.1) is 5.82 Å². The predicted octanol–water partition coefficient (Wildman–Crippen LogP) is 2.15. The van der Waals surface area contributed by atoms with Gasteiger partial charge in [0.25, 0.3) is 0 Å². The summed E-state index contributed by atoms with van der Waals surface area (Å²) in [4.78, 5) is 0.164. The third-order valence-electron chi connectivity index (χ3n) is 4.30. The number of nitrogens with zero attached hydrogens (tertiary/aromatic N) is 5. The molecule has 0 bridgehead atoms. The third-order valence-corrected chi connectivity index (χ3v) is 6.21. The molecule has 1 aliphatic carbocycles. The minimum Gasteiger partial charge on any atom is -0.207 e. The van der Waals surface area contributed by atoms with Crippen molar-refractivity contribution in [3.63, 3.8) is 0 Å². The normalized spacial score (nSPS) is 14.7. The zero-order valence-corrected chi connectivity index (χ0v) is 14.6. The maximum absolute atomic E-state index is 14.0. The Morgan fingerprint density at radius 2 is 1.85 bits per heavy atom. The highest BCUT2D eigenvalue weighted by Crippen LogP contribution is 2.34. The maximum Gasteiger partial charge on any atom is 0.243 e. The van der Waals surface area contributed by atoms with Gasteiger partial charge in [0.2, 0.25) is 10.0 Å². The van der Waals surface area contributed by atoms with E-state index in [1.54, 1.807) is 30.3 Å². The molecule has 1 fully saturated rings. The Morgan fingerprint density at radius 3 is 2.46 bits per heavy atom. The van der Waals surface area contributed by atoms with Crippen molar-refractivity contribution in [2.45, 2.75) is 30.3 Å². The first kappa shape index (κ1) is 16.8. The molecular formula is C17H16FN5O2S. The van der Waals surface area contributed by atoms with Crippen LogP contribution in [0.25, 0.3) is 5.69 Å². The molecule has 0 aliphatic heterocycles. The molecule has 1 saturated carbocycles. The highest BCUT2D eigenvalue weighted by atomic mass is 32.2. The lowest BCUT2D eigenvalue weighted by Gasteiger charge is -2.22. The van der Waals surface area contributed by atoms with Crippen LogP contribution in [-0.4, -0.2) is 39.0 Å². The van der Waals surface area contributed by atoms with Gasteiger partial charge in [0.05, 0.1) is 10.6 Å². The first-order valence-corrected chi connectivity index (χ1v) is 9.58. The van der Waals surface area contributed by atoms with Crippen LogP contribution in [0.5, 0.6) is 0 Å². The van der Waals surface area contributed by atoms with Crippen LogP contribution in [0.3, 0.4) is 0 Å². The zero-order chi connectivity index (χ0) is 18.1. The Labute approximate surface area is 150 Å². The number of tetrazole rings is 1. The Bertz CT molecular complexity index is 1000. The lowest BCUT2D eigenvalue weighted by atomic mass is 10.2. The number of halogens is 1. The molecule has 1 heterocycles. The fourth-order valence-electron chi connectivity index (χ4n) is 2.75. The van der Waals surface area contributed by atoms with Crippen LogP contribution >= 0.6 is 0 Å². The molecule has 0 saturated heterocycles. The first-order chi connectivity index (χ1) is 12.6. The van der Waals surface area contributed by atoms with Crippen molar-refractivity contribution in [1.29, 1.82) is 0 Å². The van der Waals surface area contributed by atoms with Gasteiger partial charge in [-0.05, 0) is 53.6 Å². The lowest BCUT2D eigenvalue weighted by molar-refractivity contribution is 0.391. The average Bonchev–Trinajstić information content (AvgIpc) is 3.33. The summed E-state index contributed by atoms with van der Waals surface area (Å²) in [5.41, 5.74) is 1.02. The van der Waals surface area contributed by atoms with E-state index in [1.165, 1.54) is 33.5 Å². The van der Waals surface area contributed by atoms with Gasteiger partial charge in [-0.3, -0.25) is 0 Å². The number of sulfonamides is 1. The molecule has 1 aromatic heterocycles. The average molecular weight is 373 g/mol. The smallest absolute Gasteiger partial charge is 0.207 e. The second-order valence-electron chi connectivity index (χ2n) is 6.12. The van der Waals surface area contributed by atoms with Crippen molar-refractivity contribution in [1.82, 2.24) is 24.5 Å². The lowest BCUT2D eigenvalue weighted by Crippen LogP contribution is -2.33. The fourth-order valence-corrected chi connectivity index (χ4v) is 4.42. The quantitative estimate of drug-likeness (QED) is 0.661. The molecule has 26 heavy (non-hydrogen) atoms. The van der Waals surface area contributed by atoms with Crippen molar-refractivity contribution in [2.24, 2.45) is 0 Å². The van der Waals surface area contributed by atoms with Crippen LogP contribution in [0.4, 0.5) is 4.39 Å². The molecule has 7 nitrogen and oxygen atoms in total. The summed E-state index contributed by atoms with van der Waals surface area (Å²) >= 11 is 0. The summed E-state index contributed by atoms with van der Waals surface area (Å²) < 4.78 is 43.0. The molecule has 0 atom stereocenters. The van der Waals surface area contributed by atoms with E-state index >= 15 is 0 Å². The van der Waals surface area contributed by atoms with E-state index in [-0.39, 0.29) is 17.5 Å². The summed E-state index contributed by atoms with van der Waals surface area (Å²) in [5, 5.41) is 10.9. The highest BCUT2D eigenvalue weighted by molar-refractivity contribution is 7.89. The molecular weight excluding hydrogens is 357 g/mol. The van der Waals surface area contributed by atoms with Gasteiger partial charge in [-0.15, -0.1) is 5.10 Å². The largest absolute Gasteiger partial charge is 0.243 e. The molecule has 0 amide bonds. The van der Waals surface area contributed by atoms with Gasteiger partial charge >= 0.3 is 0 Å². The van der Waals surface area contributed by atoms with E-state index in [2.05, 4.69) is 15.5 Å². The van der Waals surface area contributed by atoms with Crippen molar-refractivity contribution in [3.05, 3.63) is 66.2 Å². The zero-order valence-electron chi connectivity index (χ0n) is 13.7. The van der Waals surface area contributed by atoms with Gasteiger partial charge < -0.3 is 0 Å². The van der Waals surface area contributed by atoms with Crippen molar-refractivity contribution in [3.8, 4) is 5.69 Å². The summed E-state index contributed by atoms with van der Waals surface area (Å²) in [6.07, 6.45) is 3.00. The van der Waals surface area contributed by atoms with Gasteiger partial charge in [0, 0.05) is 18.2 Å². The predicted molar refractivity (Wildman–Crippen MR) is 91.3 cm³/mol. The topological polar surface area (TPSA) is 81.0 Å². The van der Waals surface area contributed by atoms with Crippen LogP contribution in [0.1, 0.15) is 18.4 Å². The number of hydrogen-bond donors (Lipinski definition) is 0. The van der Waals surface area contributed by atoms with Crippen molar-refractivity contribution >= 4 is 10.0 Å². The molecule has 0 radical (unpaired) electrons. The van der Waals surface area contributed by atoms with Gasteiger partial charge in [-0.2, -0.15) is 4.31 Å². The summed E-state index contributed by atoms with van der Waals surface area (Å²) in [7, 11) is -3.73. The molecule has 0 unspecified atom stereocenters. The number of rotatable bonds is 6. The van der Waals surface area contributed by atoms with Gasteiger partial charge in [-0.1, -0.05) is 18.2 Å². The van der Waals surface area contributed by atoms with E-state index in [1.807, 2.05) is 0 Å². The summed E-state index contributed by atoms with van der Waals surface area (Å²) in [6, 6.07) is 12.5. The van der Waals surface area contributed by atoms with Crippen molar-refractivity contribution in [2.75, 3.05) is 0 Å². The standard InChI is InChI=1S/C17H16FN5O2S/c18-17-4-2-1-3-13(17)11-23(15-5-6-15)26(24,25)16-9-7-14(8-10-16)22-12-19-20-21-22/h1-4,7-10,12,15H,5-6,11H2.